The van der Waals surface area contributed by atoms with E-state index in [0.717, 1.165) is 96.4 Å². The molecular formula is C72H100N2O13S2. The van der Waals surface area contributed by atoms with E-state index in [0.29, 0.717) is 47.8 Å². The fourth-order valence-electron chi connectivity index (χ4n) is 20.3. The third-order valence-corrected chi connectivity index (χ3v) is 28.2. The molecule has 4 heterocycles. The SMILES string of the molecule is CCOC(=O)CCc1cc2ccoc2c2c1OC1OC3(CSSC4(CCC5(CCC(CNC)C5)C4CCC4(O)CCC(C5(c6ccc7ccccc7c6)CCCCC5)C4)C(CCC(C)CCCC3O)NCCO2)C2(O)CC3C=CC(O)C(CO)C3C1(O)C2O. The quantitative estimate of drug-likeness (QED) is 0.0365. The average molecular weight is 1270 g/mol. The standard InChI is InChI=1S/C72H100N2O13S2/c1-4-83-59(78)22-18-49-37-50-26-35-84-61(50)63-62(49)86-65-72(82)60-51(17-20-55(76)54(60)43-75)40-70(81,64(72)79)71(87-65)44-88-89-69(57(74-34-36-85-63)21-15-45(2)11-10-14-58(71)77)33-32-66(29-23-46(39-66)42-73-3)56(69)25-31-67(80)30-24-53(41-67)68(27-8-5-9-28-68)52-19-16-47-12-6-7-13-48(47)38-52/h6-7,12-13,16-17,19-20,26,35,37-38,45-46,51,53-58,60,64-65,73-77,79-82H,4-5,8-11,14-15,18,21-25,27-34,36,39-44H2,1-3H3. The lowest BCUT2D eigenvalue weighted by molar-refractivity contribution is -0.424. The molecule has 13 rings (SSSR count). The molecule has 18 atom stereocenters. The van der Waals surface area contributed by atoms with Gasteiger partial charge in [0.05, 0.1) is 30.7 Å². The Morgan fingerprint density at radius 1 is 0.843 bits per heavy atom. The summed E-state index contributed by atoms with van der Waals surface area (Å²) in [4.78, 5) is 13.2. The molecule has 0 amide bonds. The first-order valence-electron chi connectivity index (χ1n) is 34.3. The van der Waals surface area contributed by atoms with Crippen LogP contribution < -0.4 is 20.1 Å². The number of carbonyl (C=O) groups is 1. The number of hydrogen-bond donors (Lipinski definition) is 9. The van der Waals surface area contributed by atoms with E-state index < -0.39 is 82.1 Å². The molecule has 5 bridgehead atoms. The topological polar surface area (TPSA) is 233 Å². The van der Waals surface area contributed by atoms with Crippen molar-refractivity contribution in [1.82, 2.24) is 10.6 Å². The molecule has 1 aromatic heterocycles. The highest BCUT2D eigenvalue weighted by atomic mass is 33.1. The molecule has 5 saturated carbocycles. The maximum atomic E-state index is 14.0. The lowest BCUT2D eigenvalue weighted by Crippen LogP contribution is -2.86. The second-order valence-corrected chi connectivity index (χ2v) is 32.1. The first kappa shape index (κ1) is 64.3. The maximum absolute atomic E-state index is 14.0. The summed E-state index contributed by atoms with van der Waals surface area (Å²) in [6.07, 6.45) is 17.2. The van der Waals surface area contributed by atoms with Gasteiger partial charge < -0.3 is 69.7 Å². The second-order valence-electron chi connectivity index (χ2n) is 29.5. The Bertz CT molecular complexity index is 3180. The van der Waals surface area contributed by atoms with Crippen LogP contribution in [0, 0.1) is 46.8 Å². The third-order valence-electron chi connectivity index (χ3n) is 24.8. The molecule has 488 valence electrons. The largest absolute Gasteiger partial charge is 0.485 e. The lowest BCUT2D eigenvalue weighted by Gasteiger charge is -2.67. The number of benzene rings is 3. The van der Waals surface area contributed by atoms with Crippen molar-refractivity contribution in [3.8, 4) is 11.5 Å². The van der Waals surface area contributed by atoms with Gasteiger partial charge in [0.15, 0.2) is 16.9 Å². The molecule has 18 unspecified atom stereocenters. The zero-order chi connectivity index (χ0) is 62.0. The number of aliphatic hydroxyl groups is 7. The van der Waals surface area contributed by atoms with Crippen LogP contribution in [0.3, 0.4) is 0 Å². The van der Waals surface area contributed by atoms with E-state index >= 15 is 0 Å². The Morgan fingerprint density at radius 3 is 2.48 bits per heavy atom. The third kappa shape index (κ3) is 11.2. The summed E-state index contributed by atoms with van der Waals surface area (Å²) in [5.41, 5.74) is -5.30. The van der Waals surface area contributed by atoms with E-state index in [1.807, 2.05) is 22.9 Å². The molecular weight excluding hydrogens is 1160 g/mol. The number of esters is 1. The Morgan fingerprint density at radius 2 is 1.67 bits per heavy atom. The molecule has 2 saturated heterocycles. The number of ether oxygens (including phenoxy) is 4. The highest BCUT2D eigenvalue weighted by Gasteiger charge is 2.78. The minimum Gasteiger partial charge on any atom is -0.485 e. The molecule has 9 aliphatic rings. The molecule has 3 aliphatic heterocycles. The Kier molecular flexibility index (Phi) is 18.6. The van der Waals surface area contributed by atoms with Crippen molar-refractivity contribution < 1.29 is 63.9 Å². The van der Waals surface area contributed by atoms with E-state index in [4.69, 9.17) is 23.4 Å². The van der Waals surface area contributed by atoms with Gasteiger partial charge in [0.25, 0.3) is 0 Å². The number of nitrogens with one attached hydrogen (secondary N) is 2. The summed E-state index contributed by atoms with van der Waals surface area (Å²) < 4.78 is 33.0. The van der Waals surface area contributed by atoms with Crippen molar-refractivity contribution in [2.75, 3.05) is 45.7 Å². The van der Waals surface area contributed by atoms with E-state index in [2.05, 4.69) is 67.1 Å². The molecule has 6 aliphatic carbocycles. The van der Waals surface area contributed by atoms with Crippen LogP contribution in [0.4, 0.5) is 0 Å². The molecule has 15 nitrogen and oxygen atoms in total. The van der Waals surface area contributed by atoms with Crippen LogP contribution in [0.2, 0.25) is 0 Å². The molecule has 3 spiro atoms. The highest BCUT2D eigenvalue weighted by Crippen LogP contribution is 2.70. The Hall–Kier alpha value is -3.43. The average Bonchev–Trinajstić information content (AvgIpc) is 1.44. The fourth-order valence-corrected chi connectivity index (χ4v) is 24.6. The normalized spacial score (nSPS) is 40.7. The van der Waals surface area contributed by atoms with Crippen molar-refractivity contribution in [1.29, 1.82) is 0 Å². The van der Waals surface area contributed by atoms with Crippen LogP contribution in [0.1, 0.15) is 166 Å². The Balaban J connectivity index is 0.926. The van der Waals surface area contributed by atoms with Crippen molar-refractivity contribution in [2.24, 2.45) is 46.8 Å². The van der Waals surface area contributed by atoms with E-state index in [-0.39, 0.29) is 84.9 Å². The molecule has 17 heteroatoms. The molecule has 4 aromatic rings. The minimum absolute atomic E-state index is 0.000372. The van der Waals surface area contributed by atoms with Crippen molar-refractivity contribution in [2.45, 2.75) is 225 Å². The number of hydrogen-bond acceptors (Lipinski definition) is 17. The number of aliphatic hydroxyl groups excluding tert-OH is 4. The first-order chi connectivity index (χ1) is 43.0. The lowest BCUT2D eigenvalue weighted by atomic mass is 9.50. The highest BCUT2D eigenvalue weighted by molar-refractivity contribution is 8.77. The van der Waals surface area contributed by atoms with Gasteiger partial charge in [-0.1, -0.05) is 115 Å². The number of rotatable bonds is 12. The van der Waals surface area contributed by atoms with Crippen LogP contribution in [-0.4, -0.2) is 145 Å². The maximum Gasteiger partial charge on any atom is 0.306 e. The number of aryl methyl sites for hydroxylation is 1. The summed E-state index contributed by atoms with van der Waals surface area (Å²) in [7, 11) is 5.50. The van der Waals surface area contributed by atoms with Gasteiger partial charge in [-0.3, -0.25) is 4.79 Å². The van der Waals surface area contributed by atoms with Crippen LogP contribution >= 0.6 is 21.6 Å². The van der Waals surface area contributed by atoms with Crippen molar-refractivity contribution in [3.63, 3.8) is 0 Å². The minimum atomic E-state index is -2.51. The first-order valence-corrected chi connectivity index (χ1v) is 36.6. The number of carbonyl (C=O) groups excluding carboxylic acids is 1. The zero-order valence-electron chi connectivity index (χ0n) is 52.8. The van der Waals surface area contributed by atoms with Gasteiger partial charge in [0.2, 0.25) is 12.0 Å². The van der Waals surface area contributed by atoms with Gasteiger partial charge in [-0.25, -0.2) is 0 Å². The molecule has 89 heavy (non-hydrogen) atoms. The molecule has 0 radical (unpaired) electrons. The van der Waals surface area contributed by atoms with Crippen LogP contribution in [0.5, 0.6) is 11.5 Å². The van der Waals surface area contributed by atoms with Gasteiger partial charge in [-0.15, -0.1) is 0 Å². The number of fused-ring (bicyclic) bond motifs is 12. The predicted octanol–water partition coefficient (Wildman–Crippen LogP) is 10.6. The second kappa shape index (κ2) is 25.7. The number of allylic oxidation sites excluding steroid dienone is 1. The molecule has 3 aromatic carbocycles. The van der Waals surface area contributed by atoms with Gasteiger partial charge in [-0.05, 0) is 204 Å². The smallest absolute Gasteiger partial charge is 0.306 e. The summed E-state index contributed by atoms with van der Waals surface area (Å²) in [5.74, 6) is -1.62. The van der Waals surface area contributed by atoms with E-state index in [1.165, 1.54) is 35.6 Å². The van der Waals surface area contributed by atoms with E-state index in [9.17, 15) is 40.5 Å². The van der Waals surface area contributed by atoms with Gasteiger partial charge in [0, 0.05) is 53.3 Å². The summed E-state index contributed by atoms with van der Waals surface area (Å²) >= 11 is 0. The van der Waals surface area contributed by atoms with Crippen LogP contribution in [-0.2, 0) is 26.1 Å². The van der Waals surface area contributed by atoms with Crippen LogP contribution in [0.25, 0.3) is 21.7 Å². The van der Waals surface area contributed by atoms with Crippen molar-refractivity contribution in [3.05, 3.63) is 84.1 Å². The summed E-state index contributed by atoms with van der Waals surface area (Å²) in [6, 6.07) is 19.5. The van der Waals surface area contributed by atoms with E-state index in [1.54, 1.807) is 36.1 Å². The summed E-state index contributed by atoms with van der Waals surface area (Å²) in [5, 5.41) is 102. The van der Waals surface area contributed by atoms with Gasteiger partial charge >= 0.3 is 5.97 Å². The van der Waals surface area contributed by atoms with Gasteiger partial charge in [-0.2, -0.15) is 0 Å². The summed E-state index contributed by atoms with van der Waals surface area (Å²) in [6.45, 7) is 5.26. The molecule has 9 N–H and O–H groups in total. The predicted molar refractivity (Wildman–Crippen MR) is 348 cm³/mol. The fraction of sp³-hybridized carbons (Fsp3) is 0.708. The zero-order valence-corrected chi connectivity index (χ0v) is 54.4. The van der Waals surface area contributed by atoms with Crippen molar-refractivity contribution >= 4 is 49.3 Å². The molecule has 7 fully saturated rings. The number of furan rings is 1. The van der Waals surface area contributed by atoms with Gasteiger partial charge in [0.1, 0.15) is 23.9 Å². The monoisotopic (exact) mass is 1260 g/mol. The Labute approximate surface area is 534 Å². The van der Waals surface area contributed by atoms with Crippen LogP contribution in [0.15, 0.2) is 77.4 Å².